The largest absolute Gasteiger partial charge is 0.339 e. The zero-order valence-electron chi connectivity index (χ0n) is 12.5. The molecule has 0 amide bonds. The number of rotatable bonds is 6. The van der Waals surface area contributed by atoms with Gasteiger partial charge in [0.25, 0.3) is 0 Å². The summed E-state index contributed by atoms with van der Waals surface area (Å²) in [5.41, 5.74) is 0. The van der Waals surface area contributed by atoms with Crippen LogP contribution in [0.2, 0.25) is 0 Å². The van der Waals surface area contributed by atoms with Gasteiger partial charge in [-0.25, -0.2) is 0 Å². The third-order valence-corrected chi connectivity index (χ3v) is 4.37. The molecule has 1 atom stereocenters. The Morgan fingerprint density at radius 3 is 2.63 bits per heavy atom. The van der Waals surface area contributed by atoms with Crippen LogP contribution in [-0.2, 0) is 0 Å². The summed E-state index contributed by atoms with van der Waals surface area (Å²) >= 11 is 0. The molecular weight excluding hydrogens is 238 g/mol. The highest BCUT2D eigenvalue weighted by Gasteiger charge is 2.25. The highest BCUT2D eigenvalue weighted by atomic mass is 16.5. The number of aromatic nitrogens is 2. The average molecular weight is 265 g/mol. The molecule has 1 aliphatic carbocycles. The van der Waals surface area contributed by atoms with Gasteiger partial charge in [-0.2, -0.15) is 4.98 Å². The Morgan fingerprint density at radius 2 is 2.00 bits per heavy atom. The predicted molar refractivity (Wildman–Crippen MR) is 76.2 cm³/mol. The summed E-state index contributed by atoms with van der Waals surface area (Å²) in [5, 5.41) is 7.53. The van der Waals surface area contributed by atoms with Crippen molar-refractivity contribution in [2.75, 3.05) is 13.1 Å². The molecule has 1 aliphatic rings. The van der Waals surface area contributed by atoms with Crippen molar-refractivity contribution in [2.24, 2.45) is 5.92 Å². The molecule has 4 nitrogen and oxygen atoms in total. The lowest BCUT2D eigenvalue weighted by molar-refractivity contribution is 0.301. The lowest BCUT2D eigenvalue weighted by atomic mass is 9.80. The van der Waals surface area contributed by atoms with Gasteiger partial charge in [-0.3, -0.25) is 0 Å². The van der Waals surface area contributed by atoms with Crippen molar-refractivity contribution in [1.82, 2.24) is 15.5 Å². The van der Waals surface area contributed by atoms with E-state index >= 15 is 0 Å². The molecule has 1 unspecified atom stereocenters. The molecule has 1 saturated carbocycles. The SMILES string of the molecule is CCNCC(C)c1nc(C2CCC(CC)CC2)no1. The summed E-state index contributed by atoms with van der Waals surface area (Å²) in [6, 6.07) is 0. The van der Waals surface area contributed by atoms with Gasteiger partial charge in [-0.15, -0.1) is 0 Å². The molecular formula is C15H27N3O. The molecule has 1 fully saturated rings. The van der Waals surface area contributed by atoms with E-state index in [1.165, 1.54) is 32.1 Å². The highest BCUT2D eigenvalue weighted by molar-refractivity contribution is 5.00. The summed E-state index contributed by atoms with van der Waals surface area (Å²) < 4.78 is 5.43. The van der Waals surface area contributed by atoms with Gasteiger partial charge in [0.2, 0.25) is 5.89 Å². The Balaban J connectivity index is 1.90. The molecule has 1 aromatic rings. The van der Waals surface area contributed by atoms with Crippen LogP contribution in [0.4, 0.5) is 0 Å². The van der Waals surface area contributed by atoms with Crippen molar-refractivity contribution in [3.63, 3.8) is 0 Å². The molecule has 4 heteroatoms. The Morgan fingerprint density at radius 1 is 1.26 bits per heavy atom. The van der Waals surface area contributed by atoms with Crippen molar-refractivity contribution in [2.45, 2.75) is 64.7 Å². The van der Waals surface area contributed by atoms with Crippen molar-refractivity contribution >= 4 is 0 Å². The van der Waals surface area contributed by atoms with Crippen LogP contribution in [0.1, 0.15) is 76.4 Å². The topological polar surface area (TPSA) is 51.0 Å². The van der Waals surface area contributed by atoms with Crippen LogP contribution in [0, 0.1) is 5.92 Å². The van der Waals surface area contributed by atoms with Gasteiger partial charge in [-0.1, -0.05) is 32.3 Å². The van der Waals surface area contributed by atoms with Crippen LogP contribution in [0.3, 0.4) is 0 Å². The summed E-state index contributed by atoms with van der Waals surface area (Å²) in [4.78, 5) is 4.62. The fourth-order valence-electron chi connectivity index (χ4n) is 2.89. The van der Waals surface area contributed by atoms with Crippen LogP contribution in [-0.4, -0.2) is 23.2 Å². The third kappa shape index (κ3) is 3.78. The minimum absolute atomic E-state index is 0.299. The van der Waals surface area contributed by atoms with Crippen LogP contribution >= 0.6 is 0 Å². The number of nitrogens with zero attached hydrogens (tertiary/aromatic N) is 2. The van der Waals surface area contributed by atoms with Crippen LogP contribution in [0.15, 0.2) is 4.52 Å². The van der Waals surface area contributed by atoms with Gasteiger partial charge < -0.3 is 9.84 Å². The fraction of sp³-hybridized carbons (Fsp3) is 0.867. The molecule has 0 bridgehead atoms. The van der Waals surface area contributed by atoms with Crippen molar-refractivity contribution in [1.29, 1.82) is 0 Å². The normalized spacial score (nSPS) is 25.4. The first-order valence-electron chi connectivity index (χ1n) is 7.78. The van der Waals surface area contributed by atoms with Gasteiger partial charge in [0.1, 0.15) is 0 Å². The highest BCUT2D eigenvalue weighted by Crippen LogP contribution is 2.35. The second kappa shape index (κ2) is 7.04. The van der Waals surface area contributed by atoms with E-state index in [1.807, 2.05) is 0 Å². The van der Waals surface area contributed by atoms with Gasteiger partial charge in [0.15, 0.2) is 5.82 Å². The van der Waals surface area contributed by atoms with E-state index in [4.69, 9.17) is 4.52 Å². The molecule has 1 N–H and O–H groups in total. The van der Waals surface area contributed by atoms with E-state index < -0.39 is 0 Å². The van der Waals surface area contributed by atoms with Crippen LogP contribution in [0.25, 0.3) is 0 Å². The lowest BCUT2D eigenvalue weighted by Crippen LogP contribution is -2.19. The molecule has 0 aliphatic heterocycles. The first-order chi connectivity index (χ1) is 9.24. The number of likely N-dealkylation sites (N-methyl/N-ethyl adjacent to an activating group) is 1. The summed E-state index contributed by atoms with van der Waals surface area (Å²) in [6.45, 7) is 8.42. The Labute approximate surface area is 116 Å². The fourth-order valence-corrected chi connectivity index (χ4v) is 2.89. The third-order valence-electron chi connectivity index (χ3n) is 4.37. The molecule has 19 heavy (non-hydrogen) atoms. The Bertz CT molecular complexity index is 369. The second-order valence-corrected chi connectivity index (χ2v) is 5.83. The quantitative estimate of drug-likeness (QED) is 0.855. The second-order valence-electron chi connectivity index (χ2n) is 5.83. The number of hydrogen-bond donors (Lipinski definition) is 1. The summed E-state index contributed by atoms with van der Waals surface area (Å²) in [5.74, 6) is 3.46. The van der Waals surface area contributed by atoms with E-state index in [-0.39, 0.29) is 0 Å². The minimum atomic E-state index is 0.299. The zero-order chi connectivity index (χ0) is 13.7. The van der Waals surface area contributed by atoms with Gasteiger partial charge in [0, 0.05) is 18.4 Å². The average Bonchev–Trinajstić information content (AvgIpc) is 2.94. The van der Waals surface area contributed by atoms with E-state index in [0.717, 1.165) is 30.7 Å². The first-order valence-corrected chi connectivity index (χ1v) is 7.78. The molecule has 108 valence electrons. The molecule has 1 aromatic heterocycles. The van der Waals surface area contributed by atoms with Crippen molar-refractivity contribution in [3.8, 4) is 0 Å². The van der Waals surface area contributed by atoms with E-state index in [2.05, 4.69) is 36.2 Å². The lowest BCUT2D eigenvalue weighted by Gasteiger charge is -2.25. The monoisotopic (exact) mass is 265 g/mol. The summed E-state index contributed by atoms with van der Waals surface area (Å²) in [6.07, 6.45) is 6.39. The maximum atomic E-state index is 5.43. The number of hydrogen-bond acceptors (Lipinski definition) is 4. The van der Waals surface area contributed by atoms with E-state index in [9.17, 15) is 0 Å². The molecule has 2 rings (SSSR count). The van der Waals surface area contributed by atoms with Crippen molar-refractivity contribution < 1.29 is 4.52 Å². The minimum Gasteiger partial charge on any atom is -0.339 e. The molecule has 0 aromatic carbocycles. The van der Waals surface area contributed by atoms with Gasteiger partial charge >= 0.3 is 0 Å². The standard InChI is InChI=1S/C15H27N3O/c1-4-12-6-8-13(9-7-12)14-17-15(19-18-14)11(3)10-16-5-2/h11-13,16H,4-10H2,1-3H3. The maximum Gasteiger partial charge on any atom is 0.230 e. The summed E-state index contributed by atoms with van der Waals surface area (Å²) in [7, 11) is 0. The molecule has 0 spiro atoms. The van der Waals surface area contributed by atoms with Crippen LogP contribution < -0.4 is 5.32 Å². The van der Waals surface area contributed by atoms with E-state index in [0.29, 0.717) is 11.8 Å². The maximum absolute atomic E-state index is 5.43. The molecule has 1 heterocycles. The Kier molecular flexibility index (Phi) is 5.37. The molecule has 0 radical (unpaired) electrons. The smallest absolute Gasteiger partial charge is 0.230 e. The zero-order valence-corrected chi connectivity index (χ0v) is 12.5. The first kappa shape index (κ1) is 14.5. The van der Waals surface area contributed by atoms with Gasteiger partial charge in [-0.05, 0) is 38.1 Å². The van der Waals surface area contributed by atoms with Crippen LogP contribution in [0.5, 0.6) is 0 Å². The van der Waals surface area contributed by atoms with Gasteiger partial charge in [0.05, 0.1) is 0 Å². The van der Waals surface area contributed by atoms with E-state index in [1.54, 1.807) is 0 Å². The van der Waals surface area contributed by atoms with Crippen molar-refractivity contribution in [3.05, 3.63) is 11.7 Å². The predicted octanol–water partition coefficient (Wildman–Crippen LogP) is 3.47. The Hall–Kier alpha value is -0.900. The number of nitrogens with one attached hydrogen (secondary N) is 1. The molecule has 0 saturated heterocycles.